The van der Waals surface area contributed by atoms with Crippen molar-refractivity contribution in [2.45, 2.75) is 128 Å². The largest absolute Gasteiger partial charge is 0.452 e. The number of aliphatic hydroxyl groups excluding tert-OH is 1. The summed E-state index contributed by atoms with van der Waals surface area (Å²) in [7, 11) is 0. The quantitative estimate of drug-likeness (QED) is 0.190. The van der Waals surface area contributed by atoms with Gasteiger partial charge in [-0.1, -0.05) is 50.6 Å². The highest BCUT2D eigenvalue weighted by atomic mass is 19.4. The number of alkyl halides is 5. The highest BCUT2D eigenvalue weighted by Crippen LogP contribution is 2.64. The Kier molecular flexibility index (Phi) is 7.51. The monoisotopic (exact) mass is 580 g/mol. The van der Waals surface area contributed by atoms with Crippen LogP contribution in [0, 0.1) is 22.7 Å². The summed E-state index contributed by atoms with van der Waals surface area (Å²) in [6, 6.07) is 0. The van der Waals surface area contributed by atoms with Crippen molar-refractivity contribution in [2.75, 3.05) is 0 Å². The van der Waals surface area contributed by atoms with Crippen LogP contribution in [0.1, 0.15) is 106 Å². The minimum absolute atomic E-state index is 0.00104. The predicted molar refractivity (Wildman–Crippen MR) is 148 cm³/mol. The van der Waals surface area contributed by atoms with E-state index in [4.69, 9.17) is 8.22 Å². The molecule has 3 saturated carbocycles. The molecule has 3 unspecified atom stereocenters. The van der Waals surface area contributed by atoms with Crippen LogP contribution in [0.15, 0.2) is 47.6 Å². The zero-order valence-corrected chi connectivity index (χ0v) is 23.3. The SMILES string of the molecule is [2H]C([2H])([2H])C(O)(CCCC(C)(CC=CC(O)(F)C(F)(F)F)[C@H]1CCC2C(=CC=C3C[C@@H](O)C[C@H](F)C3=C)CCC[C@@]21C)C([2H])([2H])[2H]. The van der Waals surface area contributed by atoms with Gasteiger partial charge in [0, 0.05) is 14.6 Å². The van der Waals surface area contributed by atoms with E-state index in [1.54, 1.807) is 13.0 Å². The van der Waals surface area contributed by atoms with E-state index in [9.17, 15) is 37.3 Å². The third-order valence-corrected chi connectivity index (χ3v) is 9.64. The summed E-state index contributed by atoms with van der Waals surface area (Å²) in [5.41, 5.74) is -2.20. The zero-order valence-electron chi connectivity index (χ0n) is 29.3. The molecule has 0 aliphatic heterocycles. The number of hydrogen-bond acceptors (Lipinski definition) is 3. The first-order valence-electron chi connectivity index (χ1n) is 17.1. The fourth-order valence-corrected chi connectivity index (χ4v) is 7.56. The Morgan fingerprint density at radius 2 is 1.82 bits per heavy atom. The number of rotatable bonds is 9. The lowest BCUT2D eigenvalue weighted by atomic mass is 9.55. The first-order valence-corrected chi connectivity index (χ1v) is 14.1. The highest BCUT2D eigenvalue weighted by molar-refractivity contribution is 5.39. The van der Waals surface area contributed by atoms with Crippen LogP contribution >= 0.6 is 0 Å². The molecule has 0 bridgehead atoms. The van der Waals surface area contributed by atoms with Gasteiger partial charge in [0.15, 0.2) is 0 Å². The second kappa shape index (κ2) is 12.0. The lowest BCUT2D eigenvalue weighted by Crippen LogP contribution is -2.42. The molecule has 0 amide bonds. The van der Waals surface area contributed by atoms with Crippen molar-refractivity contribution in [2.24, 2.45) is 22.7 Å². The van der Waals surface area contributed by atoms with Crippen LogP contribution in [0.2, 0.25) is 0 Å². The van der Waals surface area contributed by atoms with E-state index in [0.717, 1.165) is 37.3 Å². The van der Waals surface area contributed by atoms with Crippen LogP contribution in [0.5, 0.6) is 0 Å². The topological polar surface area (TPSA) is 60.7 Å². The molecule has 3 aliphatic carbocycles. The normalized spacial score (nSPS) is 38.1. The second-order valence-corrected chi connectivity index (χ2v) is 12.7. The number of hydrogen-bond donors (Lipinski definition) is 3. The Labute approximate surface area is 244 Å². The molecule has 0 aromatic rings. The molecule has 8 heteroatoms. The summed E-state index contributed by atoms with van der Waals surface area (Å²) < 4.78 is 114. The Balaban J connectivity index is 1.95. The van der Waals surface area contributed by atoms with E-state index in [1.807, 2.05) is 6.08 Å². The third kappa shape index (κ3) is 7.46. The molecule has 3 nitrogen and oxygen atoms in total. The Bertz CT molecular complexity index is 1190. The fourth-order valence-electron chi connectivity index (χ4n) is 7.56. The molecule has 0 heterocycles. The molecule has 0 aromatic carbocycles. The second-order valence-electron chi connectivity index (χ2n) is 12.7. The van der Waals surface area contributed by atoms with Gasteiger partial charge < -0.3 is 15.3 Å². The maximum Gasteiger partial charge on any atom is 0.452 e. The van der Waals surface area contributed by atoms with Gasteiger partial charge in [-0.25, -0.2) is 4.39 Å². The average molecular weight is 581 g/mol. The molecular weight excluding hydrogens is 527 g/mol. The van der Waals surface area contributed by atoms with Crippen LogP contribution in [-0.2, 0) is 0 Å². The van der Waals surface area contributed by atoms with Crippen molar-refractivity contribution in [3.05, 3.63) is 47.6 Å². The number of allylic oxidation sites excluding steroid dienone is 5. The molecule has 0 saturated heterocycles. The molecule has 228 valence electrons. The van der Waals surface area contributed by atoms with Crippen molar-refractivity contribution in [3.63, 3.8) is 0 Å². The van der Waals surface area contributed by atoms with Crippen molar-refractivity contribution >= 4 is 0 Å². The Hall–Kier alpha value is -1.51. The van der Waals surface area contributed by atoms with E-state index >= 15 is 0 Å². The first kappa shape index (κ1) is 25.0. The van der Waals surface area contributed by atoms with Gasteiger partial charge in [0.1, 0.15) is 6.17 Å². The van der Waals surface area contributed by atoms with Gasteiger partial charge in [0.2, 0.25) is 0 Å². The van der Waals surface area contributed by atoms with Gasteiger partial charge in [0.05, 0.1) is 11.7 Å². The Morgan fingerprint density at radius 3 is 2.48 bits per heavy atom. The van der Waals surface area contributed by atoms with Crippen LogP contribution in [0.25, 0.3) is 0 Å². The molecule has 0 spiro atoms. The smallest absolute Gasteiger partial charge is 0.393 e. The first-order chi connectivity index (χ1) is 20.8. The maximum absolute atomic E-state index is 14.3. The molecule has 7 atom stereocenters. The highest BCUT2D eigenvalue weighted by Gasteiger charge is 2.56. The third-order valence-electron chi connectivity index (χ3n) is 9.64. The summed E-state index contributed by atoms with van der Waals surface area (Å²) in [5, 5.41) is 30.2. The van der Waals surface area contributed by atoms with E-state index in [0.29, 0.717) is 17.6 Å². The van der Waals surface area contributed by atoms with Gasteiger partial charge in [-0.3, -0.25) is 0 Å². The van der Waals surface area contributed by atoms with Gasteiger partial charge in [-0.2, -0.15) is 17.6 Å². The van der Waals surface area contributed by atoms with E-state index < -0.39 is 60.9 Å². The van der Waals surface area contributed by atoms with Crippen LogP contribution in [0.3, 0.4) is 0 Å². The van der Waals surface area contributed by atoms with Crippen molar-refractivity contribution < 1.29 is 45.5 Å². The molecule has 0 radical (unpaired) electrons. The summed E-state index contributed by atoms with van der Waals surface area (Å²) in [6.45, 7) is 1.26. The summed E-state index contributed by atoms with van der Waals surface area (Å²) in [6.07, 6.45) is 0.290. The molecule has 40 heavy (non-hydrogen) atoms. The van der Waals surface area contributed by atoms with Crippen molar-refractivity contribution in [1.29, 1.82) is 0 Å². The minimum atomic E-state index is -5.56. The van der Waals surface area contributed by atoms with Gasteiger partial charge in [-0.15, -0.1) is 0 Å². The van der Waals surface area contributed by atoms with Crippen LogP contribution in [-0.4, -0.2) is 45.2 Å². The Morgan fingerprint density at radius 1 is 1.12 bits per heavy atom. The number of fused-ring (bicyclic) bond motifs is 1. The maximum atomic E-state index is 14.3. The minimum Gasteiger partial charge on any atom is -0.393 e. The molecule has 3 fully saturated rings. The number of aliphatic hydroxyl groups is 3. The standard InChI is InChI=1S/C32H47F5O3/c1-21-23(19-24(38)20-26(21)33)11-10-22-9-6-17-30(5)25(22)12-13-27(30)29(4,15-7-14-28(2,3)39)16-8-18-31(34,40)32(35,36)37/h8,10-11,18,24-27,38-40H,1,6-7,9,12-17,19-20H2,2-5H3/t24-,25?,26+,27-,29?,30+,31?/m1/s1/i2D3,3D3. The van der Waals surface area contributed by atoms with Crippen molar-refractivity contribution in [1.82, 2.24) is 0 Å². The number of halogens is 5. The van der Waals surface area contributed by atoms with Gasteiger partial charge in [0.25, 0.3) is 0 Å². The summed E-state index contributed by atoms with van der Waals surface area (Å²) >= 11 is 0. The zero-order chi connectivity index (χ0) is 35.1. The molecule has 0 aromatic heterocycles. The summed E-state index contributed by atoms with van der Waals surface area (Å²) in [5.74, 6) is -4.69. The summed E-state index contributed by atoms with van der Waals surface area (Å²) in [4.78, 5) is 0. The molecule has 3 aliphatic rings. The fraction of sp³-hybridized carbons (Fsp3) is 0.750. The molecule has 3 rings (SSSR count). The van der Waals surface area contributed by atoms with E-state index in [1.165, 1.54) is 0 Å². The van der Waals surface area contributed by atoms with Crippen LogP contribution < -0.4 is 0 Å². The van der Waals surface area contributed by atoms with Gasteiger partial charge in [-0.05, 0) is 111 Å². The lowest BCUT2D eigenvalue weighted by Gasteiger charge is -2.49. The predicted octanol–water partition coefficient (Wildman–Crippen LogP) is 8.22. The lowest BCUT2D eigenvalue weighted by molar-refractivity contribution is -0.290. The van der Waals surface area contributed by atoms with E-state index in [-0.39, 0.29) is 50.0 Å². The average Bonchev–Trinajstić information content (AvgIpc) is 3.26. The van der Waals surface area contributed by atoms with Gasteiger partial charge >= 0.3 is 12.0 Å². The molecular formula is C32H47F5O3. The van der Waals surface area contributed by atoms with E-state index in [2.05, 4.69) is 13.5 Å². The molecule has 3 N–H and O–H groups in total. The van der Waals surface area contributed by atoms with Crippen LogP contribution in [0.4, 0.5) is 22.0 Å². The van der Waals surface area contributed by atoms with Crippen molar-refractivity contribution in [3.8, 4) is 0 Å².